The molecule has 156 valence electrons. The second-order valence-electron chi connectivity index (χ2n) is 7.25. The van der Waals surface area contributed by atoms with Crippen molar-refractivity contribution < 1.29 is 14.4 Å². The zero-order chi connectivity index (χ0) is 21.6. The lowest BCUT2D eigenvalue weighted by atomic mass is 9.80. The van der Waals surface area contributed by atoms with Gasteiger partial charge in [-0.25, -0.2) is 14.5 Å². The van der Waals surface area contributed by atoms with E-state index < -0.39 is 11.5 Å². The minimum Gasteiger partial charge on any atom is -0.391 e. The van der Waals surface area contributed by atoms with Gasteiger partial charge in [0.15, 0.2) is 12.4 Å². The summed E-state index contributed by atoms with van der Waals surface area (Å²) in [6.07, 6.45) is -0.363. The summed E-state index contributed by atoms with van der Waals surface area (Å²) in [7, 11) is 1.80. The van der Waals surface area contributed by atoms with Gasteiger partial charge in [0.25, 0.3) is 0 Å². The van der Waals surface area contributed by atoms with Crippen LogP contribution >= 0.6 is 0 Å². The Bertz CT molecular complexity index is 1030. The smallest absolute Gasteiger partial charge is 0.391 e. The molecule has 10 nitrogen and oxygen atoms in total. The molecule has 0 aliphatic heterocycles. The van der Waals surface area contributed by atoms with Crippen molar-refractivity contribution in [1.82, 2.24) is 25.2 Å². The zero-order valence-corrected chi connectivity index (χ0v) is 17.0. The Kier molecular flexibility index (Phi) is 6.35. The highest BCUT2D eigenvalue weighted by atomic mass is 16.6. The first-order chi connectivity index (χ1) is 14.3. The van der Waals surface area contributed by atoms with E-state index in [-0.39, 0.29) is 12.5 Å². The highest BCUT2D eigenvalue weighted by Gasteiger charge is 2.30. The Morgan fingerprint density at radius 3 is 2.60 bits per heavy atom. The van der Waals surface area contributed by atoms with Crippen LogP contribution in [0.3, 0.4) is 0 Å². The summed E-state index contributed by atoms with van der Waals surface area (Å²) in [6.45, 7) is 4.20. The number of carbonyl (C=O) groups excluding carboxylic acids is 1. The van der Waals surface area contributed by atoms with Gasteiger partial charge in [-0.15, -0.1) is 5.10 Å². The summed E-state index contributed by atoms with van der Waals surface area (Å²) in [6, 6.07) is 14.7. The number of rotatable bonds is 8. The number of oxime groups is 1. The molecule has 1 amide bonds. The van der Waals surface area contributed by atoms with Crippen LogP contribution in [0.25, 0.3) is 0 Å². The lowest BCUT2D eigenvalue weighted by Crippen LogP contribution is -2.29. The van der Waals surface area contributed by atoms with E-state index in [1.54, 1.807) is 23.9 Å². The number of nitrogens with two attached hydrogens (primary N) is 1. The highest BCUT2D eigenvalue weighted by molar-refractivity contribution is 6.04. The average molecular weight is 409 g/mol. The molecule has 2 heterocycles. The minimum absolute atomic E-state index is 0.0912. The molecule has 0 spiro atoms. The van der Waals surface area contributed by atoms with Gasteiger partial charge >= 0.3 is 6.09 Å². The van der Waals surface area contributed by atoms with Crippen molar-refractivity contribution in [2.75, 3.05) is 0 Å². The summed E-state index contributed by atoms with van der Waals surface area (Å²) in [5, 5.41) is 16.1. The number of hydrogen-bond acceptors (Lipinski definition) is 8. The van der Waals surface area contributed by atoms with Gasteiger partial charge in [-0.05, 0) is 22.1 Å². The van der Waals surface area contributed by atoms with Gasteiger partial charge in [0.1, 0.15) is 0 Å². The molecule has 0 aliphatic rings. The number of ether oxygens (including phenoxy) is 1. The Labute approximate surface area is 173 Å². The van der Waals surface area contributed by atoms with Crippen molar-refractivity contribution in [3.63, 3.8) is 0 Å². The lowest BCUT2D eigenvalue weighted by molar-refractivity contribution is 0.124. The number of hydrogen-bond donors (Lipinski definition) is 1. The first kappa shape index (κ1) is 20.9. The van der Waals surface area contributed by atoms with Crippen molar-refractivity contribution >= 4 is 11.8 Å². The fourth-order valence-corrected chi connectivity index (χ4v) is 2.90. The van der Waals surface area contributed by atoms with Crippen molar-refractivity contribution in [3.05, 3.63) is 65.6 Å². The Hall–Kier alpha value is -3.82. The number of pyridine rings is 1. The van der Waals surface area contributed by atoms with E-state index in [4.69, 9.17) is 15.3 Å². The largest absolute Gasteiger partial charge is 0.411 e. The standard InChI is InChI=1S/C20H23N7O3/c1-20(2,12-16-23-25-26-27(16)3)18(14-8-5-4-6-9-14)24-29-13-15-10-7-11-17(22-15)30-19(21)28/h4-11H,12-13H2,1-3H3,(H2,21,28). The van der Waals surface area contributed by atoms with Gasteiger partial charge in [0, 0.05) is 24.9 Å². The van der Waals surface area contributed by atoms with E-state index in [2.05, 4.69) is 39.5 Å². The second-order valence-corrected chi connectivity index (χ2v) is 7.25. The number of aromatic nitrogens is 5. The summed E-state index contributed by atoms with van der Waals surface area (Å²) >= 11 is 0. The maximum Gasteiger partial charge on any atom is 0.411 e. The van der Waals surface area contributed by atoms with Crippen molar-refractivity contribution in [2.45, 2.75) is 26.9 Å². The van der Waals surface area contributed by atoms with Crippen molar-refractivity contribution in [1.29, 1.82) is 0 Å². The van der Waals surface area contributed by atoms with Crippen LogP contribution in [0, 0.1) is 5.41 Å². The van der Waals surface area contributed by atoms with E-state index in [1.807, 2.05) is 30.3 Å². The van der Waals surface area contributed by atoms with Gasteiger partial charge in [0.2, 0.25) is 5.88 Å². The second kappa shape index (κ2) is 9.12. The number of carbonyl (C=O) groups is 1. The molecule has 0 aliphatic carbocycles. The van der Waals surface area contributed by atoms with Crippen LogP contribution in [-0.2, 0) is 24.9 Å². The molecule has 0 unspecified atom stereocenters. The third-order valence-corrected chi connectivity index (χ3v) is 4.35. The maximum atomic E-state index is 10.9. The van der Waals surface area contributed by atoms with Crippen molar-refractivity contribution in [2.24, 2.45) is 23.4 Å². The van der Waals surface area contributed by atoms with Crippen LogP contribution in [0.2, 0.25) is 0 Å². The predicted molar refractivity (Wildman–Crippen MR) is 108 cm³/mol. The Balaban J connectivity index is 1.81. The van der Waals surface area contributed by atoms with E-state index in [0.717, 1.165) is 17.1 Å². The van der Waals surface area contributed by atoms with Crippen LogP contribution < -0.4 is 10.5 Å². The molecule has 2 N–H and O–H groups in total. The number of aryl methyl sites for hydroxylation is 1. The monoisotopic (exact) mass is 409 g/mol. The first-order valence-corrected chi connectivity index (χ1v) is 9.25. The van der Waals surface area contributed by atoms with E-state index in [9.17, 15) is 4.79 Å². The fraction of sp³-hybridized carbons (Fsp3) is 0.300. The molecule has 3 rings (SSSR count). The van der Waals surface area contributed by atoms with Gasteiger partial charge in [0.05, 0.1) is 11.4 Å². The van der Waals surface area contributed by atoms with Crippen LogP contribution in [0.4, 0.5) is 4.79 Å². The topological polar surface area (TPSA) is 130 Å². The van der Waals surface area contributed by atoms with Gasteiger partial charge in [-0.2, -0.15) is 0 Å². The van der Waals surface area contributed by atoms with Crippen molar-refractivity contribution in [3.8, 4) is 5.88 Å². The third-order valence-electron chi connectivity index (χ3n) is 4.35. The summed E-state index contributed by atoms with van der Waals surface area (Å²) < 4.78 is 6.43. The summed E-state index contributed by atoms with van der Waals surface area (Å²) in [5.41, 5.74) is 6.82. The van der Waals surface area contributed by atoms with Crippen LogP contribution in [0.5, 0.6) is 5.88 Å². The molecule has 0 radical (unpaired) electrons. The molecule has 0 saturated carbocycles. The lowest BCUT2D eigenvalue weighted by Gasteiger charge is -2.25. The normalized spacial score (nSPS) is 11.9. The van der Waals surface area contributed by atoms with E-state index in [1.165, 1.54) is 6.07 Å². The molecule has 1 aromatic carbocycles. The molecular weight excluding hydrogens is 386 g/mol. The number of amides is 1. The number of benzene rings is 1. The van der Waals surface area contributed by atoms with Crippen LogP contribution in [0.15, 0.2) is 53.7 Å². The molecule has 0 bridgehead atoms. The number of primary amides is 1. The van der Waals surface area contributed by atoms with Gasteiger partial charge < -0.3 is 15.3 Å². The SMILES string of the molecule is Cn1nnnc1CC(C)(C)C(=NOCc1cccc(OC(N)=O)n1)c1ccccc1. The first-order valence-electron chi connectivity index (χ1n) is 9.25. The number of nitrogens with zero attached hydrogens (tertiary/aromatic N) is 6. The average Bonchev–Trinajstić information content (AvgIpc) is 3.09. The molecule has 0 saturated heterocycles. The molecule has 30 heavy (non-hydrogen) atoms. The molecule has 10 heteroatoms. The summed E-state index contributed by atoms with van der Waals surface area (Å²) in [4.78, 5) is 20.7. The fourth-order valence-electron chi connectivity index (χ4n) is 2.90. The number of tetrazole rings is 1. The maximum absolute atomic E-state index is 10.9. The van der Waals surface area contributed by atoms with E-state index in [0.29, 0.717) is 12.1 Å². The minimum atomic E-state index is -0.926. The summed E-state index contributed by atoms with van der Waals surface area (Å²) in [5.74, 6) is 0.840. The quantitative estimate of drug-likeness (QED) is 0.446. The Morgan fingerprint density at radius 1 is 1.17 bits per heavy atom. The zero-order valence-electron chi connectivity index (χ0n) is 17.0. The predicted octanol–water partition coefficient (Wildman–Crippen LogP) is 2.25. The van der Waals surface area contributed by atoms with Gasteiger partial charge in [-0.3, -0.25) is 0 Å². The van der Waals surface area contributed by atoms with Crippen LogP contribution in [-0.4, -0.2) is 37.0 Å². The molecule has 2 aromatic heterocycles. The molecule has 0 fully saturated rings. The highest BCUT2D eigenvalue weighted by Crippen LogP contribution is 2.27. The van der Waals surface area contributed by atoms with Crippen LogP contribution in [0.1, 0.15) is 30.9 Å². The third kappa shape index (κ3) is 5.37. The van der Waals surface area contributed by atoms with Gasteiger partial charge in [-0.1, -0.05) is 55.4 Å². The molecular formula is C20H23N7O3. The van der Waals surface area contributed by atoms with E-state index >= 15 is 0 Å². The Morgan fingerprint density at radius 2 is 1.93 bits per heavy atom. The molecule has 3 aromatic rings. The molecule has 0 atom stereocenters.